The quantitative estimate of drug-likeness (QED) is 0.457. The van der Waals surface area contributed by atoms with Gasteiger partial charge in [-0.25, -0.2) is 8.42 Å². The second-order valence-electron chi connectivity index (χ2n) is 8.62. The van der Waals surface area contributed by atoms with Crippen molar-refractivity contribution in [2.45, 2.75) is 61.8 Å². The molecular formula is C22H25ClF3NO5S2. The van der Waals surface area contributed by atoms with Gasteiger partial charge in [-0.15, -0.1) is 0 Å². The van der Waals surface area contributed by atoms with Crippen LogP contribution in [0, 0.1) is 6.92 Å². The monoisotopic (exact) mass is 539 g/mol. The molecule has 2 N–H and O–H groups in total. The van der Waals surface area contributed by atoms with Gasteiger partial charge in [0.25, 0.3) is 15.7 Å². The van der Waals surface area contributed by atoms with E-state index in [2.05, 4.69) is 5.32 Å². The predicted molar refractivity (Wildman–Crippen MR) is 126 cm³/mol. The molecule has 0 aliphatic carbocycles. The Morgan fingerprint density at radius 3 is 2.26 bits per heavy atom. The van der Waals surface area contributed by atoms with Crippen LogP contribution in [0.5, 0.6) is 5.75 Å². The molecule has 0 aromatic heterocycles. The van der Waals surface area contributed by atoms with Crippen LogP contribution in [-0.4, -0.2) is 35.2 Å². The molecule has 188 valence electrons. The summed E-state index contributed by atoms with van der Waals surface area (Å²) in [7, 11) is -5.62. The Morgan fingerprint density at radius 2 is 1.79 bits per heavy atom. The zero-order chi connectivity index (χ0) is 26.2. The smallest absolute Gasteiger partial charge is 0.501 e. The van der Waals surface area contributed by atoms with Crippen molar-refractivity contribution < 1.29 is 36.0 Å². The van der Waals surface area contributed by atoms with Crippen LogP contribution in [0.2, 0.25) is 5.02 Å². The molecule has 0 aliphatic heterocycles. The Kier molecular flexibility index (Phi) is 8.29. The van der Waals surface area contributed by atoms with E-state index in [4.69, 9.17) is 11.6 Å². The number of hydrogen-bond acceptors (Lipinski definition) is 5. The molecule has 12 heteroatoms. The van der Waals surface area contributed by atoms with Crippen LogP contribution < -0.4 is 5.32 Å². The average Bonchev–Trinajstić information content (AvgIpc) is 2.67. The van der Waals surface area contributed by atoms with Gasteiger partial charge < -0.3 is 15.0 Å². The topological polar surface area (TPSA) is 107 Å². The summed E-state index contributed by atoms with van der Waals surface area (Å²) in [5.74, 6) is -0.826. The van der Waals surface area contributed by atoms with Crippen LogP contribution in [0.4, 0.5) is 18.9 Å². The van der Waals surface area contributed by atoms with E-state index in [0.29, 0.717) is 34.8 Å². The van der Waals surface area contributed by atoms with Crippen molar-refractivity contribution in [2.75, 3.05) is 11.1 Å². The minimum atomic E-state index is -5.62. The number of nitrogens with one attached hydrogen (secondary N) is 1. The van der Waals surface area contributed by atoms with Crippen molar-refractivity contribution in [3.05, 3.63) is 46.0 Å². The number of halogens is 4. The highest BCUT2D eigenvalue weighted by Gasteiger charge is 2.47. The first-order chi connectivity index (χ1) is 15.4. The normalized spacial score (nSPS) is 13.6. The standard InChI is InChI=1S/C22H25ClF3NO5S2/c1-6-9-33(30)17-11-14(21(3,4)5)19(28)18(12(17)2)20(29)27-16-8-7-13(10-15(16)23)34(31,32)22(24,25)26/h7-8,10-11,28H,6,9H2,1-5H3,(H,27,29). The predicted octanol–water partition coefficient (Wildman–Crippen LogP) is 5.71. The molecule has 0 heterocycles. The second kappa shape index (κ2) is 9.96. The minimum absolute atomic E-state index is 0.157. The number of phenolic OH excluding ortho intramolecular Hbond substituents is 1. The molecule has 0 spiro atoms. The lowest BCUT2D eigenvalue weighted by Gasteiger charge is -2.25. The Hall–Kier alpha value is -1.95. The van der Waals surface area contributed by atoms with E-state index in [-0.39, 0.29) is 22.6 Å². The lowest BCUT2D eigenvalue weighted by atomic mass is 9.84. The zero-order valence-corrected chi connectivity index (χ0v) is 21.5. The fourth-order valence-corrected chi connectivity index (χ4v) is 5.57. The summed E-state index contributed by atoms with van der Waals surface area (Å²) in [5, 5.41) is 12.9. The molecular weight excluding hydrogens is 515 g/mol. The van der Waals surface area contributed by atoms with Gasteiger partial charge in [0.2, 0.25) is 0 Å². The molecule has 0 fully saturated rings. The first-order valence-corrected chi connectivity index (χ1v) is 13.3. The van der Waals surface area contributed by atoms with Crippen molar-refractivity contribution in [3.8, 4) is 5.75 Å². The van der Waals surface area contributed by atoms with Crippen LogP contribution in [0.1, 0.15) is 55.6 Å². The number of rotatable bonds is 6. The Labute approximate surface area is 204 Å². The molecule has 0 saturated carbocycles. The number of carbonyl (C=O) groups excluding carboxylic acids is 1. The number of benzene rings is 2. The summed E-state index contributed by atoms with van der Waals surface area (Å²) in [6, 6.07) is 3.79. The van der Waals surface area contributed by atoms with E-state index >= 15 is 0 Å². The first-order valence-electron chi connectivity index (χ1n) is 10.1. The minimum Gasteiger partial charge on any atom is -0.611 e. The molecule has 1 atom stereocenters. The highest BCUT2D eigenvalue weighted by Crippen LogP contribution is 2.39. The highest BCUT2D eigenvalue weighted by molar-refractivity contribution is 7.92. The van der Waals surface area contributed by atoms with Gasteiger partial charge in [0.1, 0.15) is 11.5 Å². The van der Waals surface area contributed by atoms with Gasteiger partial charge in [-0.1, -0.05) is 39.3 Å². The number of alkyl halides is 3. The van der Waals surface area contributed by atoms with Crippen molar-refractivity contribution in [2.24, 2.45) is 0 Å². The number of hydrogen-bond donors (Lipinski definition) is 2. The summed E-state index contributed by atoms with van der Waals surface area (Å²) in [5.41, 5.74) is -5.77. The molecule has 0 aliphatic rings. The zero-order valence-electron chi connectivity index (χ0n) is 19.1. The molecule has 2 aromatic carbocycles. The van der Waals surface area contributed by atoms with Crippen LogP contribution >= 0.6 is 11.6 Å². The van der Waals surface area contributed by atoms with E-state index in [1.54, 1.807) is 6.07 Å². The Balaban J connectivity index is 2.57. The fraction of sp³-hybridized carbons (Fsp3) is 0.409. The number of aromatic hydroxyl groups is 1. The molecule has 0 radical (unpaired) electrons. The number of amides is 1. The van der Waals surface area contributed by atoms with Gasteiger partial charge in [-0.3, -0.25) is 4.79 Å². The van der Waals surface area contributed by atoms with Gasteiger partial charge >= 0.3 is 5.51 Å². The molecule has 6 nitrogen and oxygen atoms in total. The van der Waals surface area contributed by atoms with Gasteiger partial charge in [0.05, 0.1) is 21.2 Å². The van der Waals surface area contributed by atoms with Gasteiger partial charge in [0.15, 0.2) is 4.90 Å². The number of anilines is 1. The summed E-state index contributed by atoms with van der Waals surface area (Å²) in [4.78, 5) is 12.4. The molecule has 1 amide bonds. The van der Waals surface area contributed by atoms with Crippen LogP contribution in [0.15, 0.2) is 34.1 Å². The SMILES string of the molecule is CCC[S+]([O-])c1cc(C(C)(C)C)c(O)c(C(=O)Nc2ccc(S(=O)(=O)C(F)(F)F)cc2Cl)c1C. The van der Waals surface area contributed by atoms with E-state index < -0.39 is 47.8 Å². The molecule has 1 unspecified atom stereocenters. The fourth-order valence-electron chi connectivity index (χ4n) is 3.21. The van der Waals surface area contributed by atoms with Crippen molar-refractivity contribution in [1.29, 1.82) is 0 Å². The van der Waals surface area contributed by atoms with Gasteiger partial charge in [-0.2, -0.15) is 13.2 Å². The molecule has 2 rings (SSSR count). The van der Waals surface area contributed by atoms with Crippen molar-refractivity contribution >= 4 is 44.2 Å². The highest BCUT2D eigenvalue weighted by atomic mass is 35.5. The average molecular weight is 540 g/mol. The number of sulfone groups is 1. The van der Waals surface area contributed by atoms with Crippen molar-refractivity contribution in [1.82, 2.24) is 0 Å². The van der Waals surface area contributed by atoms with Gasteiger partial charge in [0, 0.05) is 17.2 Å². The Morgan fingerprint density at radius 1 is 1.21 bits per heavy atom. The second-order valence-corrected chi connectivity index (χ2v) is 12.5. The van der Waals surface area contributed by atoms with E-state index in [9.17, 15) is 36.0 Å². The van der Waals surface area contributed by atoms with Crippen LogP contribution in [0.3, 0.4) is 0 Å². The van der Waals surface area contributed by atoms with Crippen molar-refractivity contribution in [3.63, 3.8) is 0 Å². The summed E-state index contributed by atoms with van der Waals surface area (Å²) < 4.78 is 74.4. The summed E-state index contributed by atoms with van der Waals surface area (Å²) >= 11 is 4.53. The third kappa shape index (κ3) is 5.64. The maximum Gasteiger partial charge on any atom is 0.501 e. The molecule has 0 bridgehead atoms. The maximum atomic E-state index is 13.1. The van der Waals surface area contributed by atoms with E-state index in [1.165, 1.54) is 6.92 Å². The number of phenols is 1. The van der Waals surface area contributed by atoms with Crippen LogP contribution in [0.25, 0.3) is 0 Å². The molecule has 0 saturated heterocycles. The lowest BCUT2D eigenvalue weighted by Crippen LogP contribution is -2.23. The molecule has 2 aromatic rings. The number of carbonyl (C=O) groups is 1. The maximum absolute atomic E-state index is 13.1. The summed E-state index contributed by atoms with van der Waals surface area (Å²) in [6.07, 6.45) is 0.627. The van der Waals surface area contributed by atoms with Gasteiger partial charge in [-0.05, 0) is 48.1 Å². The van der Waals surface area contributed by atoms with E-state index in [1.807, 2.05) is 27.7 Å². The third-order valence-corrected chi connectivity index (χ3v) is 8.48. The molecule has 34 heavy (non-hydrogen) atoms. The first kappa shape index (κ1) is 28.3. The van der Waals surface area contributed by atoms with Crippen LogP contribution in [-0.2, 0) is 26.4 Å². The largest absolute Gasteiger partial charge is 0.611 e. The third-order valence-electron chi connectivity index (χ3n) is 4.99. The van der Waals surface area contributed by atoms with E-state index in [0.717, 1.165) is 6.07 Å². The Bertz CT molecular complexity index is 1210. The summed E-state index contributed by atoms with van der Waals surface area (Å²) in [6.45, 7) is 8.81. The lowest BCUT2D eigenvalue weighted by molar-refractivity contribution is -0.0436.